The number of nitrogens with one attached hydrogen (secondary N) is 1. The van der Waals surface area contributed by atoms with E-state index in [1.165, 1.54) is 18.4 Å². The molecule has 4 heteroatoms. The summed E-state index contributed by atoms with van der Waals surface area (Å²) in [6, 6.07) is 11.3. The summed E-state index contributed by atoms with van der Waals surface area (Å²) >= 11 is 0. The minimum atomic E-state index is -0.633. The highest BCUT2D eigenvalue weighted by molar-refractivity contribution is 5.70. The minimum Gasteiger partial charge on any atom is -0.481 e. The number of hydrogen-bond acceptors (Lipinski definition) is 3. The molecule has 4 nitrogen and oxygen atoms in total. The molecule has 2 fully saturated rings. The number of aliphatic carboxylic acids is 1. The summed E-state index contributed by atoms with van der Waals surface area (Å²) in [6.07, 6.45) is 8.02. The van der Waals surface area contributed by atoms with Crippen LogP contribution in [-0.2, 0) is 9.53 Å². The Kier molecular flexibility index (Phi) is 6.13. The number of ether oxygens (including phenoxy) is 1. The lowest BCUT2D eigenvalue weighted by Crippen LogP contribution is -2.48. The van der Waals surface area contributed by atoms with Crippen molar-refractivity contribution in [2.24, 2.45) is 5.92 Å². The molecule has 0 amide bonds. The van der Waals surface area contributed by atoms with Gasteiger partial charge in [-0.15, -0.1) is 0 Å². The van der Waals surface area contributed by atoms with Crippen LogP contribution in [0.4, 0.5) is 0 Å². The molecule has 1 aromatic carbocycles. The fourth-order valence-corrected chi connectivity index (χ4v) is 4.53. The molecule has 0 radical (unpaired) electrons. The van der Waals surface area contributed by atoms with Crippen LogP contribution in [0.15, 0.2) is 30.3 Å². The summed E-state index contributed by atoms with van der Waals surface area (Å²) in [6.45, 7) is 0.882. The van der Waals surface area contributed by atoms with Crippen LogP contribution in [-0.4, -0.2) is 36.4 Å². The van der Waals surface area contributed by atoms with Gasteiger partial charge in [0.25, 0.3) is 0 Å². The highest BCUT2D eigenvalue weighted by Crippen LogP contribution is 2.39. The summed E-state index contributed by atoms with van der Waals surface area (Å²) in [4.78, 5) is 11.1. The Hall–Kier alpha value is -1.39. The average Bonchev–Trinajstić information content (AvgIpc) is 2.68. The second kappa shape index (κ2) is 8.33. The summed E-state index contributed by atoms with van der Waals surface area (Å²) < 4.78 is 5.96. The van der Waals surface area contributed by atoms with E-state index in [4.69, 9.17) is 9.84 Å². The molecule has 2 aliphatic rings. The first kappa shape index (κ1) is 18.4. The van der Waals surface area contributed by atoms with Gasteiger partial charge in [-0.1, -0.05) is 30.3 Å². The molecule has 0 heterocycles. The Labute approximate surface area is 151 Å². The largest absolute Gasteiger partial charge is 0.481 e. The van der Waals surface area contributed by atoms with Crippen molar-refractivity contribution in [3.05, 3.63) is 35.9 Å². The summed E-state index contributed by atoms with van der Waals surface area (Å²) in [5.74, 6) is -0.128. The van der Waals surface area contributed by atoms with E-state index in [-0.39, 0.29) is 11.5 Å². The third kappa shape index (κ3) is 4.62. The number of carboxylic acid groups (broad SMARTS) is 1. The lowest BCUT2D eigenvalue weighted by molar-refractivity contribution is -0.142. The van der Waals surface area contributed by atoms with Crippen LogP contribution in [0.1, 0.15) is 62.8 Å². The van der Waals surface area contributed by atoms with E-state index >= 15 is 0 Å². The quantitative estimate of drug-likeness (QED) is 0.819. The average molecular weight is 345 g/mol. The molecule has 0 bridgehead atoms. The van der Waals surface area contributed by atoms with Crippen LogP contribution in [0.25, 0.3) is 0 Å². The summed E-state index contributed by atoms with van der Waals surface area (Å²) in [7, 11) is 1.84. The molecule has 2 N–H and O–H groups in total. The van der Waals surface area contributed by atoms with Crippen LogP contribution < -0.4 is 5.32 Å². The molecule has 0 saturated heterocycles. The van der Waals surface area contributed by atoms with Gasteiger partial charge in [-0.25, -0.2) is 0 Å². The third-order valence-corrected chi connectivity index (χ3v) is 6.39. The lowest BCUT2D eigenvalue weighted by Gasteiger charge is -2.41. The maximum absolute atomic E-state index is 11.1. The highest BCUT2D eigenvalue weighted by Gasteiger charge is 2.36. The van der Waals surface area contributed by atoms with Gasteiger partial charge in [0.15, 0.2) is 0 Å². The molecule has 0 aromatic heterocycles. The van der Waals surface area contributed by atoms with Crippen molar-refractivity contribution in [2.75, 3.05) is 13.7 Å². The Balaban J connectivity index is 1.47. The van der Waals surface area contributed by atoms with E-state index in [0.717, 1.165) is 45.1 Å². The van der Waals surface area contributed by atoms with E-state index in [1.54, 1.807) is 0 Å². The Bertz CT molecular complexity index is 544. The van der Waals surface area contributed by atoms with Crippen molar-refractivity contribution in [1.82, 2.24) is 5.32 Å². The van der Waals surface area contributed by atoms with E-state index in [2.05, 4.69) is 35.6 Å². The third-order valence-electron chi connectivity index (χ3n) is 6.39. The maximum atomic E-state index is 11.1. The van der Waals surface area contributed by atoms with Crippen molar-refractivity contribution >= 4 is 5.97 Å². The fourth-order valence-electron chi connectivity index (χ4n) is 4.53. The molecule has 3 rings (SSSR count). The molecule has 2 aliphatic carbocycles. The van der Waals surface area contributed by atoms with Crippen molar-refractivity contribution < 1.29 is 14.6 Å². The molecule has 2 saturated carbocycles. The zero-order chi connectivity index (χ0) is 17.7. The number of hydrogen-bond donors (Lipinski definition) is 2. The lowest BCUT2D eigenvalue weighted by atomic mass is 9.75. The SMILES string of the molecule is COC1(CNC2CCC(C(=O)O)CC2)CCC(c2ccccc2)CC1. The van der Waals surface area contributed by atoms with Crippen LogP contribution in [0.3, 0.4) is 0 Å². The Morgan fingerprint density at radius 3 is 2.32 bits per heavy atom. The number of carboxylic acids is 1. The zero-order valence-electron chi connectivity index (χ0n) is 15.2. The number of methoxy groups -OCH3 is 1. The Morgan fingerprint density at radius 1 is 1.12 bits per heavy atom. The van der Waals surface area contributed by atoms with Gasteiger partial charge in [0.05, 0.1) is 11.5 Å². The van der Waals surface area contributed by atoms with E-state index in [1.807, 2.05) is 7.11 Å². The first-order valence-corrected chi connectivity index (χ1v) is 9.68. The predicted molar refractivity (Wildman–Crippen MR) is 98.8 cm³/mol. The molecule has 1 aromatic rings. The smallest absolute Gasteiger partial charge is 0.306 e. The van der Waals surface area contributed by atoms with Crippen molar-refractivity contribution in [2.45, 2.75) is 68.9 Å². The van der Waals surface area contributed by atoms with Gasteiger partial charge in [0.2, 0.25) is 0 Å². The van der Waals surface area contributed by atoms with Crippen molar-refractivity contribution in [1.29, 1.82) is 0 Å². The normalized spacial score (nSPS) is 33.1. The van der Waals surface area contributed by atoms with Gasteiger partial charge in [-0.3, -0.25) is 4.79 Å². The number of benzene rings is 1. The molecule has 25 heavy (non-hydrogen) atoms. The topological polar surface area (TPSA) is 58.6 Å². The van der Waals surface area contributed by atoms with Gasteiger partial charge in [-0.2, -0.15) is 0 Å². The second-order valence-electron chi connectivity index (χ2n) is 7.84. The molecule has 0 atom stereocenters. The van der Waals surface area contributed by atoms with Gasteiger partial charge in [0, 0.05) is 19.7 Å². The summed E-state index contributed by atoms with van der Waals surface area (Å²) in [5.41, 5.74) is 1.39. The van der Waals surface area contributed by atoms with Crippen molar-refractivity contribution in [3.63, 3.8) is 0 Å². The summed E-state index contributed by atoms with van der Waals surface area (Å²) in [5, 5.41) is 12.8. The van der Waals surface area contributed by atoms with Gasteiger partial charge >= 0.3 is 5.97 Å². The first-order chi connectivity index (χ1) is 12.1. The fraction of sp³-hybridized carbons (Fsp3) is 0.667. The molecule has 138 valence electrons. The highest BCUT2D eigenvalue weighted by atomic mass is 16.5. The van der Waals surface area contributed by atoms with E-state index in [9.17, 15) is 4.79 Å². The van der Waals surface area contributed by atoms with Crippen LogP contribution in [0.5, 0.6) is 0 Å². The standard InChI is InChI=1S/C21H31NO3/c1-25-21(15-22-19-9-7-18(8-10-19)20(23)24)13-11-17(12-14-21)16-5-3-2-4-6-16/h2-6,17-19,22H,7-15H2,1H3,(H,23,24). The molecular formula is C21H31NO3. The zero-order valence-corrected chi connectivity index (χ0v) is 15.2. The van der Waals surface area contributed by atoms with E-state index in [0.29, 0.717) is 12.0 Å². The van der Waals surface area contributed by atoms with Gasteiger partial charge in [0.1, 0.15) is 0 Å². The monoisotopic (exact) mass is 345 g/mol. The predicted octanol–water partition coefficient (Wildman–Crippen LogP) is 3.96. The molecule has 0 unspecified atom stereocenters. The maximum Gasteiger partial charge on any atom is 0.306 e. The molecule has 0 aliphatic heterocycles. The Morgan fingerprint density at radius 2 is 1.76 bits per heavy atom. The van der Waals surface area contributed by atoms with E-state index < -0.39 is 5.97 Å². The van der Waals surface area contributed by atoms with Crippen molar-refractivity contribution in [3.8, 4) is 0 Å². The van der Waals surface area contributed by atoms with Crippen LogP contribution in [0.2, 0.25) is 0 Å². The van der Waals surface area contributed by atoms with Crippen LogP contribution in [0, 0.1) is 5.92 Å². The van der Waals surface area contributed by atoms with Gasteiger partial charge < -0.3 is 15.2 Å². The van der Waals surface area contributed by atoms with Gasteiger partial charge in [-0.05, 0) is 62.8 Å². The molecular weight excluding hydrogens is 314 g/mol. The van der Waals surface area contributed by atoms with Crippen LogP contribution >= 0.6 is 0 Å². The first-order valence-electron chi connectivity index (χ1n) is 9.68. The number of rotatable bonds is 6. The number of carbonyl (C=O) groups is 1. The minimum absolute atomic E-state index is 0.0606. The molecule has 0 spiro atoms. The second-order valence-corrected chi connectivity index (χ2v) is 7.84.